The Kier molecular flexibility index (Phi) is 5.75. The predicted octanol–water partition coefficient (Wildman–Crippen LogP) is 2.42. The largest absolute Gasteiger partial charge is 0.379 e. The fourth-order valence-corrected chi connectivity index (χ4v) is 3.24. The maximum atomic E-state index is 12.8. The summed E-state index contributed by atoms with van der Waals surface area (Å²) in [6, 6.07) is 15.0. The second-order valence-electron chi connectivity index (χ2n) is 6.66. The molecule has 7 heteroatoms. The molecule has 0 unspecified atom stereocenters. The molecule has 1 aliphatic heterocycles. The van der Waals surface area contributed by atoms with Gasteiger partial charge in [0.15, 0.2) is 11.5 Å². The Labute approximate surface area is 163 Å². The van der Waals surface area contributed by atoms with Crippen LogP contribution in [0.1, 0.15) is 33.4 Å². The number of carbonyl (C=O) groups is 1. The zero-order valence-corrected chi connectivity index (χ0v) is 15.5. The molecule has 1 fully saturated rings. The number of benzene rings is 1. The number of aromatic nitrogens is 2. The van der Waals surface area contributed by atoms with E-state index >= 15 is 0 Å². The number of carbonyl (C=O) groups excluding carboxylic acids is 1. The van der Waals surface area contributed by atoms with Crippen molar-refractivity contribution in [1.29, 1.82) is 0 Å². The van der Waals surface area contributed by atoms with E-state index in [1.165, 1.54) is 0 Å². The smallest absolute Gasteiger partial charge is 0.274 e. The Balaban J connectivity index is 1.49. The van der Waals surface area contributed by atoms with E-state index in [0.29, 0.717) is 25.5 Å². The van der Waals surface area contributed by atoms with Gasteiger partial charge in [-0.05, 0) is 23.3 Å². The van der Waals surface area contributed by atoms with Gasteiger partial charge in [0.05, 0.1) is 25.8 Å². The number of ether oxygens (including phenoxy) is 1. The molecule has 4 rings (SSSR count). The van der Waals surface area contributed by atoms with Crippen LogP contribution in [-0.4, -0.2) is 47.3 Å². The zero-order valence-electron chi connectivity index (χ0n) is 15.5. The predicted molar refractivity (Wildman–Crippen MR) is 103 cm³/mol. The summed E-state index contributed by atoms with van der Waals surface area (Å²) in [5.74, 6) is 0.398. The molecule has 2 aromatic heterocycles. The van der Waals surface area contributed by atoms with Crippen molar-refractivity contribution in [3.63, 3.8) is 0 Å². The zero-order chi connectivity index (χ0) is 19.2. The lowest BCUT2D eigenvalue weighted by Crippen LogP contribution is -2.35. The number of hydrogen-bond acceptors (Lipinski definition) is 6. The van der Waals surface area contributed by atoms with Crippen LogP contribution in [0.4, 0.5) is 0 Å². The van der Waals surface area contributed by atoms with Gasteiger partial charge >= 0.3 is 0 Å². The standard InChI is InChI=1S/C21H22N4O3/c26-21(19-14-18(28-24-19)15-25-10-12-27-13-11-25)23-20(16-4-2-1-3-5-16)17-6-8-22-9-7-17/h1-9,14,20H,10-13,15H2,(H,23,26)/t20-/m0/s1. The van der Waals surface area contributed by atoms with Gasteiger partial charge in [0.25, 0.3) is 5.91 Å². The maximum Gasteiger partial charge on any atom is 0.274 e. The molecule has 0 spiro atoms. The third-order valence-corrected chi connectivity index (χ3v) is 4.72. The molecule has 0 radical (unpaired) electrons. The van der Waals surface area contributed by atoms with Gasteiger partial charge in [-0.3, -0.25) is 14.7 Å². The minimum atomic E-state index is -0.295. The molecule has 7 nitrogen and oxygen atoms in total. The average molecular weight is 378 g/mol. The molecule has 0 saturated carbocycles. The van der Waals surface area contributed by atoms with Crippen LogP contribution in [0.15, 0.2) is 65.4 Å². The summed E-state index contributed by atoms with van der Waals surface area (Å²) in [5.41, 5.74) is 2.21. The second kappa shape index (κ2) is 8.77. The summed E-state index contributed by atoms with van der Waals surface area (Å²) in [5, 5.41) is 7.02. The fourth-order valence-electron chi connectivity index (χ4n) is 3.24. The number of nitrogens with one attached hydrogen (secondary N) is 1. The molecule has 1 atom stereocenters. The van der Waals surface area contributed by atoms with Crippen molar-refractivity contribution in [2.24, 2.45) is 0 Å². The Morgan fingerprint density at radius 3 is 2.54 bits per heavy atom. The summed E-state index contributed by atoms with van der Waals surface area (Å²) >= 11 is 0. The van der Waals surface area contributed by atoms with Gasteiger partial charge < -0.3 is 14.6 Å². The van der Waals surface area contributed by atoms with Crippen LogP contribution < -0.4 is 5.32 Å². The first-order valence-corrected chi connectivity index (χ1v) is 9.31. The topological polar surface area (TPSA) is 80.5 Å². The third kappa shape index (κ3) is 4.44. The first-order chi connectivity index (χ1) is 13.8. The Morgan fingerprint density at radius 2 is 1.79 bits per heavy atom. The van der Waals surface area contributed by atoms with Crippen molar-refractivity contribution in [3.8, 4) is 0 Å². The molecule has 0 aliphatic carbocycles. The highest BCUT2D eigenvalue weighted by Crippen LogP contribution is 2.22. The molecular weight excluding hydrogens is 356 g/mol. The van der Waals surface area contributed by atoms with Crippen molar-refractivity contribution < 1.29 is 14.1 Å². The lowest BCUT2D eigenvalue weighted by molar-refractivity contribution is 0.0305. The van der Waals surface area contributed by atoms with Crippen LogP contribution in [-0.2, 0) is 11.3 Å². The summed E-state index contributed by atoms with van der Waals surface area (Å²) in [7, 11) is 0. The van der Waals surface area contributed by atoms with Crippen molar-refractivity contribution in [1.82, 2.24) is 20.4 Å². The molecule has 28 heavy (non-hydrogen) atoms. The average Bonchev–Trinajstić information content (AvgIpc) is 3.22. The quantitative estimate of drug-likeness (QED) is 0.710. The highest BCUT2D eigenvalue weighted by molar-refractivity contribution is 5.92. The number of rotatable bonds is 6. The van der Waals surface area contributed by atoms with E-state index in [-0.39, 0.29) is 17.6 Å². The first kappa shape index (κ1) is 18.3. The highest BCUT2D eigenvalue weighted by atomic mass is 16.5. The maximum absolute atomic E-state index is 12.8. The Bertz CT molecular complexity index is 853. The van der Waals surface area contributed by atoms with Crippen LogP contribution in [0, 0.1) is 0 Å². The molecule has 3 heterocycles. The van der Waals surface area contributed by atoms with Gasteiger partial charge in [-0.15, -0.1) is 0 Å². The lowest BCUT2D eigenvalue weighted by atomic mass is 9.99. The van der Waals surface area contributed by atoms with Gasteiger partial charge in [0, 0.05) is 31.5 Å². The molecule has 144 valence electrons. The molecule has 3 aromatic rings. The van der Waals surface area contributed by atoms with Crippen molar-refractivity contribution in [2.45, 2.75) is 12.6 Å². The first-order valence-electron chi connectivity index (χ1n) is 9.31. The molecule has 1 aliphatic rings. The van der Waals surface area contributed by atoms with Crippen LogP contribution in [0.25, 0.3) is 0 Å². The summed E-state index contributed by atoms with van der Waals surface area (Å²) in [6.45, 7) is 3.75. The van der Waals surface area contributed by atoms with Crippen LogP contribution in [0.3, 0.4) is 0 Å². The Hall–Kier alpha value is -3.03. The van der Waals surface area contributed by atoms with E-state index in [1.807, 2.05) is 42.5 Å². The molecule has 0 bridgehead atoms. The minimum absolute atomic E-state index is 0.275. The van der Waals surface area contributed by atoms with Crippen LogP contribution in [0.2, 0.25) is 0 Å². The third-order valence-electron chi connectivity index (χ3n) is 4.72. The van der Waals surface area contributed by atoms with Gasteiger partial charge in [0.2, 0.25) is 0 Å². The van der Waals surface area contributed by atoms with Gasteiger partial charge in [-0.25, -0.2) is 0 Å². The SMILES string of the molecule is O=C(N[C@@H](c1ccccc1)c1ccncc1)c1cc(CN2CCOCC2)on1. The summed E-state index contributed by atoms with van der Waals surface area (Å²) < 4.78 is 10.7. The lowest BCUT2D eigenvalue weighted by Gasteiger charge is -2.25. The highest BCUT2D eigenvalue weighted by Gasteiger charge is 2.21. The number of nitrogens with zero attached hydrogens (tertiary/aromatic N) is 3. The minimum Gasteiger partial charge on any atom is -0.379 e. The number of morpholine rings is 1. The Morgan fingerprint density at radius 1 is 1.07 bits per heavy atom. The van der Waals surface area contributed by atoms with E-state index < -0.39 is 0 Å². The van der Waals surface area contributed by atoms with E-state index in [1.54, 1.807) is 18.5 Å². The van der Waals surface area contributed by atoms with Crippen LogP contribution in [0.5, 0.6) is 0 Å². The molecule has 1 N–H and O–H groups in total. The summed E-state index contributed by atoms with van der Waals surface area (Å²) in [4.78, 5) is 19.1. The van der Waals surface area contributed by atoms with E-state index in [4.69, 9.17) is 9.26 Å². The molecular formula is C21H22N4O3. The van der Waals surface area contributed by atoms with Crippen molar-refractivity contribution >= 4 is 5.91 Å². The normalized spacial score (nSPS) is 15.9. The van der Waals surface area contributed by atoms with Crippen molar-refractivity contribution in [2.75, 3.05) is 26.3 Å². The van der Waals surface area contributed by atoms with E-state index in [9.17, 15) is 4.79 Å². The number of amides is 1. The van der Waals surface area contributed by atoms with Crippen LogP contribution >= 0.6 is 0 Å². The number of hydrogen-bond donors (Lipinski definition) is 1. The van der Waals surface area contributed by atoms with E-state index in [0.717, 1.165) is 24.2 Å². The molecule has 1 saturated heterocycles. The molecule has 1 aromatic carbocycles. The fraction of sp³-hybridized carbons (Fsp3) is 0.286. The number of pyridine rings is 1. The van der Waals surface area contributed by atoms with Crippen molar-refractivity contribution in [3.05, 3.63) is 83.5 Å². The van der Waals surface area contributed by atoms with Gasteiger partial charge in [-0.2, -0.15) is 0 Å². The molecule has 1 amide bonds. The van der Waals surface area contributed by atoms with Gasteiger partial charge in [-0.1, -0.05) is 35.5 Å². The van der Waals surface area contributed by atoms with Gasteiger partial charge in [0.1, 0.15) is 0 Å². The second-order valence-corrected chi connectivity index (χ2v) is 6.66. The monoisotopic (exact) mass is 378 g/mol. The summed E-state index contributed by atoms with van der Waals surface area (Å²) in [6.07, 6.45) is 3.43. The van der Waals surface area contributed by atoms with E-state index in [2.05, 4.69) is 20.4 Å².